The zero-order valence-corrected chi connectivity index (χ0v) is 7.92. The van der Waals surface area contributed by atoms with Gasteiger partial charge in [0.05, 0.1) is 4.92 Å². The van der Waals surface area contributed by atoms with E-state index in [2.05, 4.69) is 0 Å². The molecule has 0 saturated heterocycles. The van der Waals surface area contributed by atoms with Crippen LogP contribution >= 0.6 is 0 Å². The molecule has 0 heterocycles. The van der Waals surface area contributed by atoms with Crippen LogP contribution in [-0.4, -0.2) is 13.7 Å². The maximum atomic E-state index is 12.9. The average molecular weight is 236 g/mol. The molecule has 0 N–H and O–H groups in total. The van der Waals surface area contributed by atoms with E-state index in [1.165, 1.54) is 0 Å². The van der Waals surface area contributed by atoms with Crippen molar-refractivity contribution in [1.29, 1.82) is 0 Å². The summed E-state index contributed by atoms with van der Waals surface area (Å²) in [6.07, 6.45) is 0. The van der Waals surface area contributed by atoms with E-state index in [4.69, 9.17) is 0 Å². The lowest BCUT2D eigenvalue weighted by atomic mass is 10.2. The van der Waals surface area contributed by atoms with E-state index in [0.717, 1.165) is 0 Å². The monoisotopic (exact) mass is 236 g/mol. The van der Waals surface area contributed by atoms with Gasteiger partial charge < -0.3 is 4.55 Å². The van der Waals surface area contributed by atoms with Gasteiger partial charge in [-0.05, 0) is 0 Å². The molecule has 0 aliphatic rings. The molecule has 1 rings (SSSR count). The minimum absolute atomic E-state index is 0.292. The molecule has 0 saturated carbocycles. The molecule has 1 aromatic rings. The molecular weight excluding hydrogens is 232 g/mol. The van der Waals surface area contributed by atoms with Crippen LogP contribution in [0.15, 0.2) is 12.1 Å². The summed E-state index contributed by atoms with van der Waals surface area (Å²) in [6.45, 7) is 0. The Hall–Kier alpha value is -1.41. The molecule has 0 radical (unpaired) electrons. The van der Waals surface area contributed by atoms with Crippen molar-refractivity contribution in [2.45, 2.75) is 5.75 Å². The Morgan fingerprint density at radius 2 is 1.93 bits per heavy atom. The Labute approximate surface area is 85.2 Å². The van der Waals surface area contributed by atoms with Crippen LogP contribution in [-0.2, 0) is 16.8 Å². The number of nitrogens with zero attached hydrogens (tertiary/aromatic N) is 1. The number of nitro benzene ring substituents is 1. The molecule has 0 fully saturated rings. The summed E-state index contributed by atoms with van der Waals surface area (Å²) in [7, 11) is 0. The van der Waals surface area contributed by atoms with Crippen molar-refractivity contribution in [3.63, 3.8) is 0 Å². The molecule has 5 nitrogen and oxygen atoms in total. The maximum Gasteiger partial charge on any atom is 0.305 e. The predicted molar refractivity (Wildman–Crippen MR) is 45.6 cm³/mol. The van der Waals surface area contributed by atoms with Crippen molar-refractivity contribution in [1.82, 2.24) is 0 Å². The van der Waals surface area contributed by atoms with Crippen molar-refractivity contribution < 1.29 is 22.5 Å². The van der Waals surface area contributed by atoms with Crippen LogP contribution in [0.4, 0.5) is 14.5 Å². The largest absolute Gasteiger partial charge is 0.772 e. The zero-order chi connectivity index (χ0) is 11.6. The second kappa shape index (κ2) is 4.41. The Balaban J connectivity index is 3.23. The molecule has 0 aliphatic heterocycles. The van der Waals surface area contributed by atoms with E-state index in [9.17, 15) is 27.7 Å². The van der Waals surface area contributed by atoms with Gasteiger partial charge >= 0.3 is 5.69 Å². The summed E-state index contributed by atoms with van der Waals surface area (Å²) in [5.74, 6) is -3.19. The van der Waals surface area contributed by atoms with Gasteiger partial charge in [-0.25, -0.2) is 4.39 Å². The molecule has 8 heteroatoms. The van der Waals surface area contributed by atoms with Crippen molar-refractivity contribution >= 4 is 16.8 Å². The first-order valence-corrected chi connectivity index (χ1v) is 4.84. The highest BCUT2D eigenvalue weighted by molar-refractivity contribution is 7.78. The minimum Gasteiger partial charge on any atom is -0.772 e. The summed E-state index contributed by atoms with van der Waals surface area (Å²) in [5.41, 5.74) is -1.38. The first-order valence-electron chi connectivity index (χ1n) is 3.60. The topological polar surface area (TPSA) is 83.3 Å². The summed E-state index contributed by atoms with van der Waals surface area (Å²) >= 11 is -2.59. The van der Waals surface area contributed by atoms with E-state index in [-0.39, 0.29) is 0 Å². The second-order valence-corrected chi connectivity index (χ2v) is 3.50. The molecule has 0 spiro atoms. The van der Waals surface area contributed by atoms with Crippen molar-refractivity contribution in [2.75, 3.05) is 0 Å². The van der Waals surface area contributed by atoms with Gasteiger partial charge in [0.2, 0.25) is 5.82 Å². The Bertz CT molecular complexity index is 437. The van der Waals surface area contributed by atoms with Gasteiger partial charge in [-0.3, -0.25) is 14.3 Å². The van der Waals surface area contributed by atoms with Crippen LogP contribution in [0.5, 0.6) is 0 Å². The van der Waals surface area contributed by atoms with Crippen LogP contribution in [0.3, 0.4) is 0 Å². The SMILES string of the molecule is O=[N+]([O-])c1cc(CS(=O)[O-])c(F)cc1F. The average Bonchev–Trinajstić information content (AvgIpc) is 2.08. The molecule has 1 unspecified atom stereocenters. The van der Waals surface area contributed by atoms with E-state index >= 15 is 0 Å². The van der Waals surface area contributed by atoms with Crippen LogP contribution < -0.4 is 0 Å². The molecule has 0 aromatic heterocycles. The highest BCUT2D eigenvalue weighted by atomic mass is 32.2. The van der Waals surface area contributed by atoms with Crippen LogP contribution in [0.2, 0.25) is 0 Å². The van der Waals surface area contributed by atoms with Gasteiger partial charge in [0.1, 0.15) is 5.82 Å². The highest BCUT2D eigenvalue weighted by Crippen LogP contribution is 2.22. The van der Waals surface area contributed by atoms with Gasteiger partial charge in [0.15, 0.2) is 0 Å². The lowest BCUT2D eigenvalue weighted by molar-refractivity contribution is -0.387. The van der Waals surface area contributed by atoms with E-state index < -0.39 is 44.6 Å². The normalized spacial score (nSPS) is 12.5. The third-order valence-corrected chi connectivity index (χ3v) is 2.13. The Morgan fingerprint density at radius 1 is 1.33 bits per heavy atom. The number of benzene rings is 1. The first-order chi connectivity index (χ1) is 6.91. The first kappa shape index (κ1) is 11.7. The molecular formula is C7H4F2NO4S-. The van der Waals surface area contributed by atoms with E-state index in [1.54, 1.807) is 0 Å². The van der Waals surface area contributed by atoms with Crippen LogP contribution in [0.1, 0.15) is 5.56 Å². The lowest BCUT2D eigenvalue weighted by Gasteiger charge is -2.06. The number of hydrogen-bond donors (Lipinski definition) is 0. The summed E-state index contributed by atoms with van der Waals surface area (Å²) in [4.78, 5) is 9.21. The standard InChI is InChI=1S/C7H5F2NO4S/c8-5-2-6(9)7(10(11)12)1-4(5)3-15(13)14/h1-2H,3H2,(H,13,14)/p-1. The van der Waals surface area contributed by atoms with E-state index in [1.807, 2.05) is 0 Å². The molecule has 0 aliphatic carbocycles. The number of rotatable bonds is 3. The fraction of sp³-hybridized carbons (Fsp3) is 0.143. The van der Waals surface area contributed by atoms with Crippen molar-refractivity contribution in [2.24, 2.45) is 0 Å². The number of nitro groups is 1. The molecule has 1 aromatic carbocycles. The fourth-order valence-corrected chi connectivity index (χ4v) is 1.43. The third-order valence-electron chi connectivity index (χ3n) is 1.59. The van der Waals surface area contributed by atoms with E-state index in [0.29, 0.717) is 12.1 Å². The lowest BCUT2D eigenvalue weighted by Crippen LogP contribution is -2.01. The predicted octanol–water partition coefficient (Wildman–Crippen LogP) is 1.25. The van der Waals surface area contributed by atoms with Gasteiger partial charge in [-0.1, -0.05) is 11.1 Å². The second-order valence-electron chi connectivity index (χ2n) is 2.60. The molecule has 1 atom stereocenters. The zero-order valence-electron chi connectivity index (χ0n) is 7.11. The number of hydrogen-bond acceptors (Lipinski definition) is 4. The molecule has 0 bridgehead atoms. The molecule has 82 valence electrons. The summed E-state index contributed by atoms with van der Waals surface area (Å²) in [6, 6.07) is 0.862. The minimum atomic E-state index is -2.59. The summed E-state index contributed by atoms with van der Waals surface area (Å²) in [5, 5.41) is 10.3. The third kappa shape index (κ3) is 2.77. The number of halogens is 2. The van der Waals surface area contributed by atoms with Gasteiger partial charge in [-0.2, -0.15) is 4.39 Å². The highest BCUT2D eigenvalue weighted by Gasteiger charge is 2.18. The summed E-state index contributed by atoms with van der Waals surface area (Å²) < 4.78 is 46.2. The Morgan fingerprint density at radius 3 is 2.40 bits per heavy atom. The van der Waals surface area contributed by atoms with Crippen molar-refractivity contribution in [3.8, 4) is 0 Å². The maximum absolute atomic E-state index is 12.9. The van der Waals surface area contributed by atoms with Crippen LogP contribution in [0.25, 0.3) is 0 Å². The van der Waals surface area contributed by atoms with Gasteiger partial charge in [0, 0.05) is 23.4 Å². The Kier molecular flexibility index (Phi) is 3.43. The quantitative estimate of drug-likeness (QED) is 0.449. The van der Waals surface area contributed by atoms with Crippen LogP contribution in [0, 0.1) is 21.7 Å². The molecule has 15 heavy (non-hydrogen) atoms. The van der Waals surface area contributed by atoms with Crippen molar-refractivity contribution in [3.05, 3.63) is 39.4 Å². The fourth-order valence-electron chi connectivity index (χ4n) is 0.958. The van der Waals surface area contributed by atoms with Gasteiger partial charge in [0.25, 0.3) is 0 Å². The molecule has 0 amide bonds. The smallest absolute Gasteiger partial charge is 0.305 e. The van der Waals surface area contributed by atoms with Gasteiger partial charge in [-0.15, -0.1) is 0 Å².